The van der Waals surface area contributed by atoms with Crippen molar-refractivity contribution < 1.29 is 26.7 Å². The number of benzene rings is 1. The summed E-state index contributed by atoms with van der Waals surface area (Å²) in [4.78, 5) is 27.8. The number of nitrogens with zero attached hydrogens (tertiary/aromatic N) is 1. The van der Waals surface area contributed by atoms with E-state index in [1.165, 1.54) is 5.19 Å². The fourth-order valence-corrected chi connectivity index (χ4v) is 6.20. The van der Waals surface area contributed by atoms with Crippen LogP contribution in [0.25, 0.3) is 0 Å². The first-order valence-electron chi connectivity index (χ1n) is 11.5. The molecule has 0 bridgehead atoms. The van der Waals surface area contributed by atoms with Crippen molar-refractivity contribution in [2.24, 2.45) is 0 Å². The van der Waals surface area contributed by atoms with E-state index in [1.807, 2.05) is 77.2 Å². The molecular formula is C28H37FeNO2Si+2. The van der Waals surface area contributed by atoms with Crippen molar-refractivity contribution in [2.75, 3.05) is 0 Å². The second-order valence-corrected chi connectivity index (χ2v) is 14.2. The third kappa shape index (κ3) is 9.00. The van der Waals surface area contributed by atoms with Gasteiger partial charge in [-0.15, -0.1) is 0 Å². The number of carbonyl (C=O) groups is 2. The monoisotopic (exact) mass is 503 g/mol. The van der Waals surface area contributed by atoms with Gasteiger partial charge in [-0.2, -0.15) is 0 Å². The molecule has 1 aromatic rings. The number of rotatable bonds is 8. The number of hydrogen-bond donors (Lipinski definition) is 0. The molecule has 3 rings (SSSR count). The molecule has 0 spiro atoms. The van der Waals surface area contributed by atoms with E-state index >= 15 is 0 Å². The van der Waals surface area contributed by atoms with Crippen LogP contribution < -0.4 is 5.19 Å². The summed E-state index contributed by atoms with van der Waals surface area (Å²) in [6, 6.07) is 11.6. The summed E-state index contributed by atoms with van der Waals surface area (Å²) < 4.78 is 0. The molecule has 0 aliphatic heterocycles. The zero-order valence-electron chi connectivity index (χ0n) is 20.7. The van der Waals surface area contributed by atoms with E-state index in [4.69, 9.17) is 0 Å². The fraction of sp³-hybridized carbons (Fsp3) is 0.357. The topological polar surface area (TPSA) is 37.4 Å². The third-order valence-corrected chi connectivity index (χ3v) is 9.18. The second kappa shape index (κ2) is 14.5. The van der Waals surface area contributed by atoms with E-state index < -0.39 is 8.07 Å². The molecule has 5 heteroatoms. The first kappa shape index (κ1) is 30.1. The molecule has 2 aliphatic carbocycles. The summed E-state index contributed by atoms with van der Waals surface area (Å²) in [6.45, 7) is 12.6. The van der Waals surface area contributed by atoms with Crippen molar-refractivity contribution in [2.45, 2.75) is 65.3 Å². The van der Waals surface area contributed by atoms with Gasteiger partial charge in [0.1, 0.15) is 5.78 Å². The van der Waals surface area contributed by atoms with Gasteiger partial charge in [0.15, 0.2) is 0 Å². The van der Waals surface area contributed by atoms with Gasteiger partial charge in [0.25, 0.3) is 0 Å². The van der Waals surface area contributed by atoms with E-state index in [2.05, 4.69) is 37.4 Å². The van der Waals surface area contributed by atoms with Gasteiger partial charge in [-0.05, 0) is 85.1 Å². The van der Waals surface area contributed by atoms with Crippen molar-refractivity contribution in [1.82, 2.24) is 4.90 Å². The van der Waals surface area contributed by atoms with Crippen LogP contribution in [0.3, 0.4) is 0 Å². The van der Waals surface area contributed by atoms with Gasteiger partial charge in [0.05, 0.1) is 19.9 Å². The Bertz CT molecular complexity index is 700. The predicted octanol–water partition coefficient (Wildman–Crippen LogP) is 5.00. The van der Waals surface area contributed by atoms with Crippen molar-refractivity contribution in [3.05, 3.63) is 93.5 Å². The summed E-state index contributed by atoms with van der Waals surface area (Å²) in [5, 5.41) is 1.36. The average Bonchev–Trinajstić information content (AvgIpc) is 3.47. The molecule has 2 fully saturated rings. The predicted molar refractivity (Wildman–Crippen MR) is 136 cm³/mol. The van der Waals surface area contributed by atoms with Gasteiger partial charge in [0.2, 0.25) is 5.91 Å². The summed E-state index contributed by atoms with van der Waals surface area (Å²) in [5.74, 6) is 1.14. The first-order chi connectivity index (χ1) is 15.1. The first-order valence-corrected chi connectivity index (χ1v) is 14.7. The van der Waals surface area contributed by atoms with E-state index in [0.717, 1.165) is 6.04 Å². The van der Waals surface area contributed by atoms with Crippen LogP contribution in [-0.4, -0.2) is 36.7 Å². The summed E-state index contributed by atoms with van der Waals surface area (Å²) in [7, 11) is -1.67. The Balaban J connectivity index is 0.000000799. The molecule has 176 valence electrons. The van der Waals surface area contributed by atoms with Crippen LogP contribution in [-0.2, 0) is 26.7 Å². The smallest absolute Gasteiger partial charge is 0.337 e. The Morgan fingerprint density at radius 3 is 1.76 bits per heavy atom. The minimum atomic E-state index is -1.67. The van der Waals surface area contributed by atoms with Crippen molar-refractivity contribution in [1.29, 1.82) is 0 Å². The van der Waals surface area contributed by atoms with E-state index in [0.29, 0.717) is 18.3 Å². The molecule has 0 atom stereocenters. The van der Waals surface area contributed by atoms with Crippen LogP contribution in [0.2, 0.25) is 19.1 Å². The van der Waals surface area contributed by atoms with Crippen LogP contribution in [0, 0.1) is 63.2 Å². The Labute approximate surface area is 215 Å². The molecule has 0 N–H and O–H groups in total. The number of carbonyl (C=O) groups excluding carboxylic acids is 2. The number of hydrogen-bond acceptors (Lipinski definition) is 2. The summed E-state index contributed by atoms with van der Waals surface area (Å²) in [6.07, 6.45) is 15.9. The standard InChI is InChI=1S/C23H32NO2Si.C5H5.Fe/c1-17(2)24(18(3)4)23(26)21-14-10-13-20(21)22(25)15-16-27(5,6)19-11-8-7-9-12-19;1-2-4-5-3-1;/h7-14,17-18H,15-16H2,1-6H3;1-5H;/q;;+2. The van der Waals surface area contributed by atoms with Crippen molar-refractivity contribution in [3.8, 4) is 0 Å². The molecule has 0 aromatic heterocycles. The van der Waals surface area contributed by atoms with Gasteiger partial charge < -0.3 is 4.90 Å². The maximum atomic E-state index is 13.0. The molecule has 3 nitrogen and oxygen atoms in total. The van der Waals surface area contributed by atoms with Gasteiger partial charge >= 0.3 is 17.1 Å². The quantitative estimate of drug-likeness (QED) is 0.469. The van der Waals surface area contributed by atoms with Gasteiger partial charge in [0, 0.05) is 18.5 Å². The number of amides is 1. The van der Waals surface area contributed by atoms with Crippen LogP contribution in [0.4, 0.5) is 0 Å². The fourth-order valence-electron chi connectivity index (χ4n) is 3.97. The largest absolute Gasteiger partial charge is 2.00 e. The Morgan fingerprint density at radius 1 is 0.788 bits per heavy atom. The molecule has 33 heavy (non-hydrogen) atoms. The zero-order chi connectivity index (χ0) is 23.7. The van der Waals surface area contributed by atoms with Crippen LogP contribution >= 0.6 is 0 Å². The van der Waals surface area contributed by atoms with Crippen molar-refractivity contribution >= 4 is 25.0 Å². The molecule has 2 aliphatic rings. The molecule has 1 aromatic carbocycles. The Hall–Kier alpha value is -0.904. The molecule has 0 unspecified atom stereocenters. The van der Waals surface area contributed by atoms with Crippen LogP contribution in [0.1, 0.15) is 34.1 Å². The Morgan fingerprint density at radius 2 is 1.27 bits per heavy atom. The molecule has 1 amide bonds. The van der Waals surface area contributed by atoms with Crippen LogP contribution in [0.5, 0.6) is 0 Å². The van der Waals surface area contributed by atoms with E-state index in [-0.39, 0.29) is 40.8 Å². The number of ketones is 1. The average molecular weight is 504 g/mol. The maximum Gasteiger partial charge on any atom is 2.00 e. The van der Waals surface area contributed by atoms with E-state index in [9.17, 15) is 9.59 Å². The molecular weight excluding hydrogens is 466 g/mol. The van der Waals surface area contributed by atoms with Gasteiger partial charge in [-0.25, -0.2) is 0 Å². The minimum Gasteiger partial charge on any atom is -0.337 e. The zero-order valence-corrected chi connectivity index (χ0v) is 22.8. The molecule has 0 heterocycles. The minimum absolute atomic E-state index is 0. The second-order valence-electron chi connectivity index (χ2n) is 9.39. The normalized spacial score (nSPS) is 17.0. The molecule has 2 saturated carbocycles. The third-order valence-electron chi connectivity index (χ3n) is 5.78. The van der Waals surface area contributed by atoms with E-state index in [1.54, 1.807) is 12.8 Å². The molecule has 10 radical (unpaired) electrons. The Kier molecular flexibility index (Phi) is 13.2. The van der Waals surface area contributed by atoms with Crippen molar-refractivity contribution in [3.63, 3.8) is 0 Å². The van der Waals surface area contributed by atoms with Crippen LogP contribution in [0.15, 0.2) is 30.3 Å². The van der Waals surface area contributed by atoms with Gasteiger partial charge in [-0.3, -0.25) is 9.59 Å². The SMILES string of the molecule is CC(C)N(C(=O)[C]1[CH][CH][CH][C]1C(=O)CC[Si](C)(C)c1ccccc1)C(C)C.[CH]1[CH][CH][CH][CH]1.[Fe+2]. The summed E-state index contributed by atoms with van der Waals surface area (Å²) in [5.41, 5.74) is 0. The maximum absolute atomic E-state index is 13.0. The summed E-state index contributed by atoms with van der Waals surface area (Å²) >= 11 is 0. The van der Waals surface area contributed by atoms with Gasteiger partial charge in [-0.1, -0.05) is 48.6 Å². The number of Topliss-reactive ketones (excluding diaryl/α,β-unsaturated/α-hetero) is 1. The molecule has 0 saturated heterocycles.